The summed E-state index contributed by atoms with van der Waals surface area (Å²) in [5.41, 5.74) is 0.140. The second-order valence-corrected chi connectivity index (χ2v) is 6.64. The Labute approximate surface area is 154 Å². The van der Waals surface area contributed by atoms with Crippen molar-refractivity contribution in [2.24, 2.45) is 5.41 Å². The number of halogens is 2. The number of benzene rings is 1. The lowest BCUT2D eigenvalue weighted by molar-refractivity contribution is -0.137. The molecule has 7 heteroatoms. The smallest absolute Gasteiger partial charge is 0.228 e. The van der Waals surface area contributed by atoms with E-state index < -0.39 is 11.5 Å². The van der Waals surface area contributed by atoms with E-state index in [9.17, 15) is 14.3 Å². The van der Waals surface area contributed by atoms with Crippen LogP contribution in [-0.4, -0.2) is 43.9 Å². The van der Waals surface area contributed by atoms with Gasteiger partial charge in [0.15, 0.2) is 0 Å². The number of piperidine rings is 1. The van der Waals surface area contributed by atoms with E-state index in [1.54, 1.807) is 19.2 Å². The maximum Gasteiger partial charge on any atom is 0.228 e. The van der Waals surface area contributed by atoms with Gasteiger partial charge in [-0.1, -0.05) is 12.1 Å². The highest BCUT2D eigenvalue weighted by atomic mass is 35.5. The minimum Gasteiger partial charge on any atom is -0.388 e. The normalized spacial score (nSPS) is 18.7. The third kappa shape index (κ3) is 5.92. The molecule has 142 valence electrons. The number of carbonyl (C=O) groups excluding carboxylic acids is 1. The lowest BCUT2D eigenvalue weighted by atomic mass is 9.78. The van der Waals surface area contributed by atoms with Crippen molar-refractivity contribution in [3.05, 3.63) is 35.6 Å². The van der Waals surface area contributed by atoms with Crippen molar-refractivity contribution in [3.63, 3.8) is 0 Å². The fourth-order valence-electron chi connectivity index (χ4n) is 3.21. The zero-order valence-electron chi connectivity index (χ0n) is 14.8. The Kier molecular flexibility index (Phi) is 8.79. The van der Waals surface area contributed by atoms with Crippen LogP contribution in [0.2, 0.25) is 0 Å². The molecular weight excluding hydrogens is 347 g/mol. The standard InChI is InChI=1S/C18H27FN2O3.ClH/c1-13(11-16(22)14-3-5-15(19)6-4-14)21-17(23)18(12-24-2)7-9-20-10-8-18;/h3-6,13,16,20,22H,7-12H2,1-2H3,(H,21,23);1H. The van der Waals surface area contributed by atoms with E-state index in [-0.39, 0.29) is 30.2 Å². The Morgan fingerprint density at radius 1 is 1.36 bits per heavy atom. The molecule has 25 heavy (non-hydrogen) atoms. The molecule has 1 fully saturated rings. The molecule has 1 heterocycles. The van der Waals surface area contributed by atoms with Gasteiger partial charge in [-0.3, -0.25) is 4.79 Å². The molecule has 0 aliphatic carbocycles. The van der Waals surface area contributed by atoms with Crippen LogP contribution in [0.1, 0.15) is 37.9 Å². The number of aliphatic hydroxyl groups excluding tert-OH is 1. The van der Waals surface area contributed by atoms with Crippen LogP contribution in [0.3, 0.4) is 0 Å². The van der Waals surface area contributed by atoms with Crippen molar-refractivity contribution < 1.29 is 19.0 Å². The first-order valence-electron chi connectivity index (χ1n) is 8.41. The molecule has 3 N–H and O–H groups in total. The summed E-state index contributed by atoms with van der Waals surface area (Å²) in [6.45, 7) is 3.85. The summed E-state index contributed by atoms with van der Waals surface area (Å²) in [5.74, 6) is -0.357. The molecule has 1 aromatic rings. The molecule has 1 amide bonds. The van der Waals surface area contributed by atoms with Crippen molar-refractivity contribution in [2.75, 3.05) is 26.8 Å². The summed E-state index contributed by atoms with van der Waals surface area (Å²) in [7, 11) is 1.61. The average molecular weight is 375 g/mol. The van der Waals surface area contributed by atoms with Crippen LogP contribution in [0, 0.1) is 11.2 Å². The lowest BCUT2D eigenvalue weighted by Gasteiger charge is -2.36. The van der Waals surface area contributed by atoms with Gasteiger partial charge < -0.3 is 20.5 Å². The van der Waals surface area contributed by atoms with Gasteiger partial charge in [0.25, 0.3) is 0 Å². The molecule has 1 aromatic carbocycles. The summed E-state index contributed by atoms with van der Waals surface area (Å²) in [6, 6.07) is 5.58. The quantitative estimate of drug-likeness (QED) is 0.684. The SMILES string of the molecule is COCC1(C(=O)NC(C)CC(O)c2ccc(F)cc2)CCNCC1.Cl. The number of amides is 1. The van der Waals surface area contributed by atoms with Gasteiger partial charge in [0.2, 0.25) is 5.91 Å². The number of carbonyl (C=O) groups is 1. The molecule has 0 spiro atoms. The predicted octanol–water partition coefficient (Wildman–Crippen LogP) is 2.19. The molecule has 2 unspecified atom stereocenters. The molecule has 5 nitrogen and oxygen atoms in total. The molecule has 1 aliphatic heterocycles. The number of ether oxygens (including phenoxy) is 1. The molecule has 2 rings (SSSR count). The third-order valence-corrected chi connectivity index (χ3v) is 4.67. The molecule has 2 atom stereocenters. The van der Waals surface area contributed by atoms with Crippen LogP contribution >= 0.6 is 12.4 Å². The van der Waals surface area contributed by atoms with Crippen molar-refractivity contribution in [2.45, 2.75) is 38.3 Å². The van der Waals surface area contributed by atoms with E-state index in [0.717, 1.165) is 25.9 Å². The van der Waals surface area contributed by atoms with Crippen LogP contribution in [0.4, 0.5) is 4.39 Å². The number of nitrogens with one attached hydrogen (secondary N) is 2. The van der Waals surface area contributed by atoms with Gasteiger partial charge in [-0.2, -0.15) is 0 Å². The molecule has 1 aliphatic rings. The van der Waals surface area contributed by atoms with E-state index in [1.807, 2.05) is 6.92 Å². The van der Waals surface area contributed by atoms with Gasteiger partial charge in [-0.05, 0) is 57.0 Å². The molecule has 0 aromatic heterocycles. The fraction of sp³-hybridized carbons (Fsp3) is 0.611. The van der Waals surface area contributed by atoms with Gasteiger partial charge in [-0.15, -0.1) is 12.4 Å². The number of aliphatic hydroxyl groups is 1. The highest BCUT2D eigenvalue weighted by Crippen LogP contribution is 2.30. The first kappa shape index (κ1) is 21.8. The van der Waals surface area contributed by atoms with Crippen molar-refractivity contribution in [1.82, 2.24) is 10.6 Å². The van der Waals surface area contributed by atoms with E-state index in [0.29, 0.717) is 18.6 Å². The van der Waals surface area contributed by atoms with E-state index in [2.05, 4.69) is 10.6 Å². The first-order valence-corrected chi connectivity index (χ1v) is 8.41. The summed E-state index contributed by atoms with van der Waals surface area (Å²) in [5, 5.41) is 16.5. The largest absolute Gasteiger partial charge is 0.388 e. The first-order chi connectivity index (χ1) is 11.5. The van der Waals surface area contributed by atoms with E-state index >= 15 is 0 Å². The second kappa shape index (κ2) is 10.1. The topological polar surface area (TPSA) is 70.6 Å². The van der Waals surface area contributed by atoms with Gasteiger partial charge >= 0.3 is 0 Å². The van der Waals surface area contributed by atoms with Crippen LogP contribution in [0.25, 0.3) is 0 Å². The molecule has 0 radical (unpaired) electrons. The molecular formula is C18H28ClFN2O3. The zero-order chi connectivity index (χ0) is 17.6. The van der Waals surface area contributed by atoms with Gasteiger partial charge in [0.05, 0.1) is 18.1 Å². The Bertz CT molecular complexity index is 530. The zero-order valence-corrected chi connectivity index (χ0v) is 15.6. The average Bonchev–Trinajstić information content (AvgIpc) is 2.56. The monoisotopic (exact) mass is 374 g/mol. The Hall–Kier alpha value is -1.21. The number of hydrogen-bond donors (Lipinski definition) is 3. The van der Waals surface area contributed by atoms with Crippen molar-refractivity contribution in [3.8, 4) is 0 Å². The maximum absolute atomic E-state index is 12.9. The minimum atomic E-state index is -0.743. The summed E-state index contributed by atoms with van der Waals surface area (Å²) in [6.07, 6.45) is 1.10. The highest BCUT2D eigenvalue weighted by molar-refractivity contribution is 5.85. The molecule has 0 bridgehead atoms. The Morgan fingerprint density at radius 3 is 2.52 bits per heavy atom. The van der Waals surface area contributed by atoms with Gasteiger partial charge in [-0.25, -0.2) is 4.39 Å². The van der Waals surface area contributed by atoms with Crippen LogP contribution in [0.5, 0.6) is 0 Å². The fourth-order valence-corrected chi connectivity index (χ4v) is 3.21. The minimum absolute atomic E-state index is 0. The van der Waals surface area contributed by atoms with Gasteiger partial charge in [0.1, 0.15) is 5.82 Å². The predicted molar refractivity (Wildman–Crippen MR) is 97.2 cm³/mol. The van der Waals surface area contributed by atoms with Crippen molar-refractivity contribution >= 4 is 18.3 Å². The van der Waals surface area contributed by atoms with Crippen LogP contribution in [0.15, 0.2) is 24.3 Å². The lowest BCUT2D eigenvalue weighted by Crippen LogP contribution is -2.52. The number of rotatable bonds is 7. The molecule has 1 saturated heterocycles. The summed E-state index contributed by atoms with van der Waals surface area (Å²) < 4.78 is 18.2. The van der Waals surface area contributed by atoms with E-state index in [1.165, 1.54) is 12.1 Å². The Balaban J connectivity index is 0.00000312. The van der Waals surface area contributed by atoms with Gasteiger partial charge in [0, 0.05) is 13.2 Å². The van der Waals surface area contributed by atoms with Crippen LogP contribution < -0.4 is 10.6 Å². The summed E-state index contributed by atoms with van der Waals surface area (Å²) in [4.78, 5) is 12.7. The second-order valence-electron chi connectivity index (χ2n) is 6.64. The summed E-state index contributed by atoms with van der Waals surface area (Å²) >= 11 is 0. The van der Waals surface area contributed by atoms with E-state index in [4.69, 9.17) is 4.74 Å². The molecule has 0 saturated carbocycles. The van der Waals surface area contributed by atoms with Crippen LogP contribution in [-0.2, 0) is 9.53 Å². The third-order valence-electron chi connectivity index (χ3n) is 4.67. The number of methoxy groups -OCH3 is 1. The number of hydrogen-bond acceptors (Lipinski definition) is 4. The van der Waals surface area contributed by atoms with Crippen molar-refractivity contribution in [1.29, 1.82) is 0 Å². The highest BCUT2D eigenvalue weighted by Gasteiger charge is 2.40. The maximum atomic E-state index is 12.9. The Morgan fingerprint density at radius 2 is 1.96 bits per heavy atom.